The summed E-state index contributed by atoms with van der Waals surface area (Å²) in [7, 11) is 0. The summed E-state index contributed by atoms with van der Waals surface area (Å²) < 4.78 is 10.9. The molecule has 0 unspecified atom stereocenters. The highest BCUT2D eigenvalue weighted by Crippen LogP contribution is 2.32. The summed E-state index contributed by atoms with van der Waals surface area (Å²) in [6, 6.07) is 9.44. The number of anilines is 1. The summed E-state index contributed by atoms with van der Waals surface area (Å²) >= 11 is 0. The molecule has 3 rings (SSSR count). The molecule has 0 aliphatic rings. The number of para-hydroxylation sites is 1. The number of ether oxygens (including phenoxy) is 1. The summed E-state index contributed by atoms with van der Waals surface area (Å²) in [6.07, 6.45) is 0. The van der Waals surface area contributed by atoms with Gasteiger partial charge < -0.3 is 14.6 Å². The molecule has 2 aromatic carbocycles. The van der Waals surface area contributed by atoms with Crippen LogP contribution in [0.25, 0.3) is 0 Å². The van der Waals surface area contributed by atoms with E-state index in [1.165, 1.54) is 6.92 Å². The van der Waals surface area contributed by atoms with Crippen molar-refractivity contribution in [2.24, 2.45) is 0 Å². The van der Waals surface area contributed by atoms with Gasteiger partial charge in [0.05, 0.1) is 21.1 Å². The van der Waals surface area contributed by atoms with Crippen molar-refractivity contribution in [1.82, 2.24) is 5.16 Å². The first-order valence-electron chi connectivity index (χ1n) is 9.07. The van der Waals surface area contributed by atoms with E-state index in [2.05, 4.69) is 10.5 Å². The van der Waals surface area contributed by atoms with Gasteiger partial charge >= 0.3 is 0 Å². The molecule has 0 bridgehead atoms. The van der Waals surface area contributed by atoms with Gasteiger partial charge in [-0.05, 0) is 32.4 Å². The second-order valence-electron chi connectivity index (χ2n) is 6.73. The number of nitrogens with one attached hydrogen (secondary N) is 1. The van der Waals surface area contributed by atoms with Crippen molar-refractivity contribution >= 4 is 23.0 Å². The molecular formula is C20H18N4O7. The molecule has 0 atom stereocenters. The smallest absolute Gasteiger partial charge is 0.281 e. The first-order chi connectivity index (χ1) is 14.7. The Morgan fingerprint density at radius 1 is 1.10 bits per heavy atom. The number of aryl methyl sites for hydroxylation is 2. The first kappa shape index (κ1) is 21.4. The molecule has 11 heteroatoms. The molecule has 3 aromatic rings. The van der Waals surface area contributed by atoms with Gasteiger partial charge in [0, 0.05) is 12.1 Å². The Morgan fingerprint density at radius 2 is 1.71 bits per heavy atom. The van der Waals surface area contributed by atoms with Crippen molar-refractivity contribution in [2.45, 2.75) is 27.4 Å². The lowest BCUT2D eigenvalue weighted by Gasteiger charge is -2.09. The molecule has 0 fully saturated rings. The quantitative estimate of drug-likeness (QED) is 0.435. The fourth-order valence-corrected chi connectivity index (χ4v) is 2.93. The molecule has 1 aromatic heterocycles. The highest BCUT2D eigenvalue weighted by atomic mass is 16.6. The van der Waals surface area contributed by atoms with Crippen LogP contribution in [0, 0.1) is 41.0 Å². The summed E-state index contributed by atoms with van der Waals surface area (Å²) in [6.45, 7) is 4.75. The summed E-state index contributed by atoms with van der Waals surface area (Å²) in [5, 5.41) is 28.6. The Kier molecular flexibility index (Phi) is 5.95. The second-order valence-corrected chi connectivity index (χ2v) is 6.73. The van der Waals surface area contributed by atoms with E-state index < -0.39 is 27.1 Å². The van der Waals surface area contributed by atoms with E-state index in [1.54, 1.807) is 13.0 Å². The van der Waals surface area contributed by atoms with E-state index in [0.29, 0.717) is 17.1 Å². The number of nitro benzene ring substituents is 2. The van der Waals surface area contributed by atoms with Gasteiger partial charge in [0.25, 0.3) is 17.3 Å². The monoisotopic (exact) mass is 426 g/mol. The Bertz CT molecular complexity index is 1150. The number of nitro groups is 2. The first-order valence-corrected chi connectivity index (χ1v) is 9.07. The molecule has 11 nitrogen and oxygen atoms in total. The van der Waals surface area contributed by atoms with Crippen molar-refractivity contribution in [2.75, 3.05) is 5.32 Å². The largest absolute Gasteiger partial charge is 0.488 e. The SMILES string of the molecule is Cc1ccccc1OCc1c(C(=O)Nc2cc([N+](=O)[O-])c(C)c([N+](=O)[O-])c2)noc1C. The number of nitrogens with zero attached hydrogens (tertiary/aromatic N) is 3. The summed E-state index contributed by atoms with van der Waals surface area (Å²) in [5.41, 5.74) is 0.0154. The average Bonchev–Trinajstić information content (AvgIpc) is 3.08. The van der Waals surface area contributed by atoms with Gasteiger partial charge in [-0.25, -0.2) is 0 Å². The number of amides is 1. The highest BCUT2D eigenvalue weighted by Gasteiger charge is 2.26. The molecule has 0 aliphatic carbocycles. The topological polar surface area (TPSA) is 151 Å². The minimum atomic E-state index is -0.750. The normalized spacial score (nSPS) is 10.5. The lowest BCUT2D eigenvalue weighted by atomic mass is 10.1. The van der Waals surface area contributed by atoms with E-state index in [4.69, 9.17) is 9.26 Å². The minimum Gasteiger partial charge on any atom is -0.488 e. The van der Waals surface area contributed by atoms with E-state index in [9.17, 15) is 25.0 Å². The minimum absolute atomic E-state index is 0.00284. The molecule has 0 saturated heterocycles. The zero-order valence-corrected chi connectivity index (χ0v) is 16.9. The number of benzene rings is 2. The van der Waals surface area contributed by atoms with E-state index >= 15 is 0 Å². The Hall–Kier alpha value is -4.28. The fourth-order valence-electron chi connectivity index (χ4n) is 2.93. The highest BCUT2D eigenvalue weighted by molar-refractivity contribution is 6.04. The third-order valence-electron chi connectivity index (χ3n) is 4.67. The van der Waals surface area contributed by atoms with Crippen molar-refractivity contribution in [1.29, 1.82) is 0 Å². The van der Waals surface area contributed by atoms with Crippen molar-refractivity contribution in [3.8, 4) is 5.75 Å². The maximum absolute atomic E-state index is 12.7. The zero-order valence-electron chi connectivity index (χ0n) is 16.9. The van der Waals surface area contributed by atoms with Crippen LogP contribution in [0.15, 0.2) is 40.9 Å². The Balaban J connectivity index is 1.87. The summed E-state index contributed by atoms with van der Waals surface area (Å²) in [4.78, 5) is 33.7. The van der Waals surface area contributed by atoms with E-state index in [1.807, 2.05) is 25.1 Å². The van der Waals surface area contributed by atoms with Gasteiger partial charge in [0.1, 0.15) is 23.7 Å². The van der Waals surface area contributed by atoms with Gasteiger partial charge in [-0.1, -0.05) is 23.4 Å². The van der Waals surface area contributed by atoms with Gasteiger partial charge in [-0.15, -0.1) is 0 Å². The Labute approximate surface area is 175 Å². The third kappa shape index (κ3) is 4.50. The van der Waals surface area contributed by atoms with Crippen molar-refractivity contribution in [3.63, 3.8) is 0 Å². The molecule has 31 heavy (non-hydrogen) atoms. The number of carbonyl (C=O) groups excluding carboxylic acids is 1. The second kappa shape index (κ2) is 8.61. The molecule has 160 valence electrons. The molecule has 0 radical (unpaired) electrons. The maximum Gasteiger partial charge on any atom is 0.281 e. The lowest BCUT2D eigenvalue weighted by Crippen LogP contribution is -2.16. The maximum atomic E-state index is 12.7. The zero-order chi connectivity index (χ0) is 22.7. The molecular weight excluding hydrogens is 408 g/mol. The molecule has 0 aliphatic heterocycles. The van der Waals surface area contributed by atoms with Gasteiger partial charge in [-0.3, -0.25) is 25.0 Å². The number of hydrogen-bond acceptors (Lipinski definition) is 8. The van der Waals surface area contributed by atoms with Crippen LogP contribution in [0.5, 0.6) is 5.75 Å². The molecule has 1 amide bonds. The van der Waals surface area contributed by atoms with Gasteiger partial charge in [0.2, 0.25) is 0 Å². The molecule has 1 N–H and O–H groups in total. The van der Waals surface area contributed by atoms with Crippen LogP contribution in [0.4, 0.5) is 17.1 Å². The van der Waals surface area contributed by atoms with Crippen LogP contribution >= 0.6 is 0 Å². The third-order valence-corrected chi connectivity index (χ3v) is 4.67. The van der Waals surface area contributed by atoms with Crippen molar-refractivity contribution in [3.05, 3.63) is 84.8 Å². The van der Waals surface area contributed by atoms with Crippen LogP contribution in [0.3, 0.4) is 0 Å². The summed E-state index contributed by atoms with van der Waals surface area (Å²) in [5.74, 6) is 0.242. The Morgan fingerprint density at radius 3 is 2.29 bits per heavy atom. The van der Waals surface area contributed by atoms with E-state index in [0.717, 1.165) is 17.7 Å². The molecule has 1 heterocycles. The number of rotatable bonds is 7. The number of aromatic nitrogens is 1. The van der Waals surface area contributed by atoms with Gasteiger partial charge in [-0.2, -0.15) is 0 Å². The number of carbonyl (C=O) groups is 1. The van der Waals surface area contributed by atoms with Crippen LogP contribution < -0.4 is 10.1 Å². The van der Waals surface area contributed by atoms with Gasteiger partial charge in [0.15, 0.2) is 5.69 Å². The predicted molar refractivity (Wildman–Crippen MR) is 109 cm³/mol. The van der Waals surface area contributed by atoms with Crippen molar-refractivity contribution < 1.29 is 23.9 Å². The molecule has 0 spiro atoms. The van der Waals surface area contributed by atoms with Crippen LogP contribution in [-0.2, 0) is 6.61 Å². The van der Waals surface area contributed by atoms with E-state index in [-0.39, 0.29) is 23.6 Å². The van der Waals surface area contributed by atoms with Crippen LogP contribution in [-0.4, -0.2) is 20.9 Å². The average molecular weight is 426 g/mol. The molecule has 0 saturated carbocycles. The predicted octanol–water partition coefficient (Wildman–Crippen LogP) is 4.25. The standard InChI is InChI=1S/C20H18N4O7/c1-11-6-4-5-7-18(11)30-10-15-13(3)31-22-19(15)20(25)21-14-8-16(23(26)27)12(2)17(9-14)24(28)29/h4-9H,10H2,1-3H3,(H,21,25). The fraction of sp³-hybridized carbons (Fsp3) is 0.200. The number of hydrogen-bond donors (Lipinski definition) is 1. The lowest BCUT2D eigenvalue weighted by molar-refractivity contribution is -0.395. The van der Waals surface area contributed by atoms with Crippen LogP contribution in [0.2, 0.25) is 0 Å². The van der Waals surface area contributed by atoms with Crippen LogP contribution in [0.1, 0.15) is 32.9 Å².